The SMILES string of the molecule is Br.CSc1sc(C(=O)O)cc1-c1csc(Nc2ccc(Nc3ccccc3)cc2)n1. The second-order valence-electron chi connectivity index (χ2n) is 6.05. The quantitative estimate of drug-likeness (QED) is 0.221. The Balaban J connectivity index is 0.00000256. The minimum atomic E-state index is -0.908. The van der Waals surface area contributed by atoms with Gasteiger partial charge in [-0.05, 0) is 48.7 Å². The number of para-hydroxylation sites is 1. The summed E-state index contributed by atoms with van der Waals surface area (Å²) >= 11 is 4.31. The molecule has 0 unspecified atom stereocenters. The number of thioether (sulfide) groups is 1. The van der Waals surface area contributed by atoms with Gasteiger partial charge in [-0.15, -0.1) is 51.4 Å². The minimum absolute atomic E-state index is 0. The van der Waals surface area contributed by atoms with Gasteiger partial charge < -0.3 is 15.7 Å². The van der Waals surface area contributed by atoms with Gasteiger partial charge in [-0.2, -0.15) is 0 Å². The molecule has 4 aromatic rings. The van der Waals surface area contributed by atoms with Crippen molar-refractivity contribution in [2.24, 2.45) is 0 Å². The van der Waals surface area contributed by atoms with Crippen molar-refractivity contribution >= 4 is 79.6 Å². The zero-order valence-corrected chi connectivity index (χ0v) is 19.9. The molecule has 0 saturated heterocycles. The number of aromatic nitrogens is 1. The van der Waals surface area contributed by atoms with Crippen molar-refractivity contribution in [3.63, 3.8) is 0 Å². The predicted molar refractivity (Wildman–Crippen MR) is 134 cm³/mol. The van der Waals surface area contributed by atoms with Crippen LogP contribution >= 0.6 is 51.4 Å². The highest BCUT2D eigenvalue weighted by Crippen LogP contribution is 2.39. The van der Waals surface area contributed by atoms with E-state index in [1.807, 2.05) is 66.2 Å². The van der Waals surface area contributed by atoms with Gasteiger partial charge in [0, 0.05) is 28.0 Å². The van der Waals surface area contributed by atoms with E-state index >= 15 is 0 Å². The monoisotopic (exact) mass is 519 g/mol. The molecule has 30 heavy (non-hydrogen) atoms. The molecule has 4 rings (SSSR count). The molecule has 9 heteroatoms. The lowest BCUT2D eigenvalue weighted by atomic mass is 10.2. The van der Waals surface area contributed by atoms with Crippen molar-refractivity contribution in [3.8, 4) is 11.3 Å². The van der Waals surface area contributed by atoms with Gasteiger partial charge in [0.15, 0.2) is 5.13 Å². The number of carboxylic acid groups (broad SMARTS) is 1. The van der Waals surface area contributed by atoms with Gasteiger partial charge in [-0.25, -0.2) is 9.78 Å². The molecule has 3 N–H and O–H groups in total. The minimum Gasteiger partial charge on any atom is -0.477 e. The number of carboxylic acids is 1. The van der Waals surface area contributed by atoms with Crippen molar-refractivity contribution in [2.75, 3.05) is 16.9 Å². The van der Waals surface area contributed by atoms with Crippen LogP contribution in [-0.4, -0.2) is 22.3 Å². The maximum atomic E-state index is 11.3. The van der Waals surface area contributed by atoms with Crippen molar-refractivity contribution in [1.82, 2.24) is 4.98 Å². The van der Waals surface area contributed by atoms with E-state index < -0.39 is 5.97 Å². The van der Waals surface area contributed by atoms with Gasteiger partial charge in [0.25, 0.3) is 0 Å². The smallest absolute Gasteiger partial charge is 0.345 e. The number of rotatable bonds is 7. The Bertz CT molecular complexity index is 1130. The number of aromatic carboxylic acids is 1. The van der Waals surface area contributed by atoms with Gasteiger partial charge in [-0.3, -0.25) is 0 Å². The number of hydrogen-bond acceptors (Lipinski definition) is 7. The lowest BCUT2D eigenvalue weighted by molar-refractivity contribution is 0.0702. The first-order valence-corrected chi connectivity index (χ1v) is 11.6. The standard InChI is InChI=1S/C21H17N3O2S3.BrH/c1-27-20-16(11-18(29-20)19(25)26)17-12-28-21(24-17)23-15-9-7-14(8-10-15)22-13-5-3-2-4-6-13;/h2-12,22H,1H3,(H,23,24)(H,25,26);1H. The fraction of sp³-hybridized carbons (Fsp3) is 0.0476. The Morgan fingerprint density at radius 1 is 1.00 bits per heavy atom. The number of hydrogen-bond donors (Lipinski definition) is 3. The first-order valence-electron chi connectivity index (χ1n) is 8.68. The van der Waals surface area contributed by atoms with Crippen LogP contribution in [-0.2, 0) is 0 Å². The van der Waals surface area contributed by atoms with E-state index in [4.69, 9.17) is 0 Å². The molecule has 0 spiro atoms. The number of benzene rings is 2. The highest BCUT2D eigenvalue weighted by Gasteiger charge is 2.17. The van der Waals surface area contributed by atoms with Crippen LogP contribution in [0.5, 0.6) is 0 Å². The highest BCUT2D eigenvalue weighted by molar-refractivity contribution is 8.93. The highest BCUT2D eigenvalue weighted by atomic mass is 79.9. The summed E-state index contributed by atoms with van der Waals surface area (Å²) < 4.78 is 0.954. The Morgan fingerprint density at radius 2 is 1.63 bits per heavy atom. The van der Waals surface area contributed by atoms with E-state index in [1.54, 1.807) is 6.07 Å². The van der Waals surface area contributed by atoms with Gasteiger partial charge in [-0.1, -0.05) is 18.2 Å². The molecular weight excluding hydrogens is 502 g/mol. The second kappa shape index (κ2) is 10.1. The van der Waals surface area contributed by atoms with Crippen molar-refractivity contribution in [3.05, 3.63) is 70.9 Å². The van der Waals surface area contributed by atoms with Gasteiger partial charge in [0.1, 0.15) is 4.88 Å². The van der Waals surface area contributed by atoms with Crippen LogP contribution in [0.15, 0.2) is 70.3 Å². The lowest BCUT2D eigenvalue weighted by Crippen LogP contribution is -1.92. The summed E-state index contributed by atoms with van der Waals surface area (Å²) in [5, 5.41) is 18.6. The molecule has 0 bridgehead atoms. The van der Waals surface area contributed by atoms with E-state index in [1.165, 1.54) is 34.4 Å². The van der Waals surface area contributed by atoms with Crippen LogP contribution in [0, 0.1) is 0 Å². The second-order valence-corrected chi connectivity index (χ2v) is 9.04. The number of thiazole rings is 1. The molecule has 154 valence electrons. The third-order valence-corrected chi connectivity index (χ3v) is 7.09. The summed E-state index contributed by atoms with van der Waals surface area (Å²) in [7, 11) is 0. The normalized spacial score (nSPS) is 10.3. The fourth-order valence-corrected chi connectivity index (χ4v) is 5.17. The van der Waals surface area contributed by atoms with E-state index in [2.05, 4.69) is 15.6 Å². The first kappa shape index (κ1) is 22.4. The van der Waals surface area contributed by atoms with E-state index in [0.717, 1.165) is 37.7 Å². The van der Waals surface area contributed by atoms with Gasteiger partial charge in [0.2, 0.25) is 0 Å². The summed E-state index contributed by atoms with van der Waals surface area (Å²) in [5.41, 5.74) is 4.63. The zero-order chi connectivity index (χ0) is 20.2. The molecule has 2 aromatic carbocycles. The number of anilines is 4. The average Bonchev–Trinajstić information content (AvgIpc) is 3.37. The molecule has 0 atom stereocenters. The van der Waals surface area contributed by atoms with Crippen molar-refractivity contribution < 1.29 is 9.90 Å². The Morgan fingerprint density at radius 3 is 2.27 bits per heavy atom. The molecule has 0 amide bonds. The third kappa shape index (κ3) is 5.23. The van der Waals surface area contributed by atoms with Crippen LogP contribution in [0.2, 0.25) is 0 Å². The summed E-state index contributed by atoms with van der Waals surface area (Å²) in [6, 6.07) is 19.7. The molecule has 0 aliphatic heterocycles. The summed E-state index contributed by atoms with van der Waals surface area (Å²) in [5.74, 6) is -0.908. The van der Waals surface area contributed by atoms with Crippen LogP contribution in [0.3, 0.4) is 0 Å². The molecule has 2 aromatic heterocycles. The van der Waals surface area contributed by atoms with E-state index in [-0.39, 0.29) is 17.0 Å². The zero-order valence-electron chi connectivity index (χ0n) is 15.8. The Hall–Kier alpha value is -2.33. The van der Waals surface area contributed by atoms with Crippen molar-refractivity contribution in [2.45, 2.75) is 4.21 Å². The summed E-state index contributed by atoms with van der Waals surface area (Å²) in [4.78, 5) is 16.2. The number of nitrogens with one attached hydrogen (secondary N) is 2. The molecule has 0 aliphatic rings. The maximum absolute atomic E-state index is 11.3. The molecule has 0 aliphatic carbocycles. The third-order valence-electron chi connectivity index (χ3n) is 4.07. The van der Waals surface area contributed by atoms with Crippen LogP contribution in [0.1, 0.15) is 9.67 Å². The van der Waals surface area contributed by atoms with Crippen LogP contribution in [0.4, 0.5) is 22.2 Å². The number of nitrogens with zero attached hydrogens (tertiary/aromatic N) is 1. The van der Waals surface area contributed by atoms with Crippen molar-refractivity contribution in [1.29, 1.82) is 0 Å². The van der Waals surface area contributed by atoms with Gasteiger partial charge in [0.05, 0.1) is 9.90 Å². The number of halogens is 1. The molecule has 0 radical (unpaired) electrons. The Kier molecular flexibility index (Phi) is 7.54. The van der Waals surface area contributed by atoms with E-state index in [9.17, 15) is 9.90 Å². The van der Waals surface area contributed by atoms with E-state index in [0.29, 0.717) is 4.88 Å². The summed E-state index contributed by atoms with van der Waals surface area (Å²) in [6.45, 7) is 0. The fourth-order valence-electron chi connectivity index (χ4n) is 2.71. The number of carbonyl (C=O) groups is 1. The molecular formula is C21H18BrN3O2S3. The Labute approximate surface area is 197 Å². The summed E-state index contributed by atoms with van der Waals surface area (Å²) in [6.07, 6.45) is 1.94. The van der Waals surface area contributed by atoms with Crippen LogP contribution < -0.4 is 10.6 Å². The molecule has 2 heterocycles. The topological polar surface area (TPSA) is 74.2 Å². The molecule has 5 nitrogen and oxygen atoms in total. The number of thiophene rings is 1. The largest absolute Gasteiger partial charge is 0.477 e. The maximum Gasteiger partial charge on any atom is 0.345 e. The van der Waals surface area contributed by atoms with Gasteiger partial charge >= 0.3 is 5.97 Å². The van der Waals surface area contributed by atoms with Crippen LogP contribution in [0.25, 0.3) is 11.3 Å². The average molecular weight is 520 g/mol. The molecule has 0 saturated carbocycles. The first-order chi connectivity index (χ1) is 14.1. The lowest BCUT2D eigenvalue weighted by Gasteiger charge is -2.08. The molecule has 0 fully saturated rings. The predicted octanol–water partition coefficient (Wildman–Crippen LogP) is 7.36.